The molecule has 24 heavy (non-hydrogen) atoms. The smallest absolute Gasteiger partial charge is 0.349 e. The van der Waals surface area contributed by atoms with Crippen LogP contribution in [-0.4, -0.2) is 43.6 Å². The Hall–Kier alpha value is -1.99. The fraction of sp³-hybridized carbons (Fsp3) is 0.412. The van der Waals surface area contributed by atoms with E-state index in [1.807, 2.05) is 13.8 Å². The van der Waals surface area contributed by atoms with Crippen LogP contribution in [-0.2, 0) is 20.9 Å². The fourth-order valence-corrected chi connectivity index (χ4v) is 3.31. The van der Waals surface area contributed by atoms with E-state index in [0.717, 1.165) is 11.3 Å². The summed E-state index contributed by atoms with van der Waals surface area (Å²) in [4.78, 5) is 26.0. The van der Waals surface area contributed by atoms with Gasteiger partial charge in [-0.05, 0) is 26.0 Å². The van der Waals surface area contributed by atoms with Gasteiger partial charge in [0.2, 0.25) is 0 Å². The number of carbonyl (C=O) groups is 2. The van der Waals surface area contributed by atoms with Crippen molar-refractivity contribution >= 4 is 33.3 Å². The van der Waals surface area contributed by atoms with Crippen LogP contribution >= 0.6 is 11.3 Å². The molecule has 0 aliphatic carbocycles. The zero-order valence-electron chi connectivity index (χ0n) is 14.1. The Morgan fingerprint density at radius 3 is 2.67 bits per heavy atom. The van der Waals surface area contributed by atoms with E-state index in [1.54, 1.807) is 19.2 Å². The Morgan fingerprint density at radius 2 is 2.04 bits per heavy atom. The molecule has 0 bridgehead atoms. The van der Waals surface area contributed by atoms with Crippen LogP contribution < -0.4 is 0 Å². The van der Waals surface area contributed by atoms with Crippen molar-refractivity contribution in [2.24, 2.45) is 0 Å². The first-order valence-corrected chi connectivity index (χ1v) is 8.30. The average molecular weight is 353 g/mol. The highest BCUT2D eigenvalue weighted by Crippen LogP contribution is 2.34. The molecule has 1 aromatic carbocycles. The lowest BCUT2D eigenvalue weighted by Crippen LogP contribution is -2.36. The topological polar surface area (TPSA) is 55.8 Å². The van der Waals surface area contributed by atoms with Crippen LogP contribution in [0.1, 0.15) is 29.1 Å². The van der Waals surface area contributed by atoms with E-state index in [-0.39, 0.29) is 30.0 Å². The number of thiophene rings is 1. The molecule has 130 valence electrons. The lowest BCUT2D eigenvalue weighted by Gasteiger charge is -2.21. The highest BCUT2D eigenvalue weighted by atomic mass is 32.1. The first-order valence-electron chi connectivity index (χ1n) is 7.48. The maximum atomic E-state index is 14.1. The van der Waals surface area contributed by atoms with E-state index in [4.69, 9.17) is 9.47 Å². The molecule has 0 N–H and O–H groups in total. The maximum absolute atomic E-state index is 14.1. The van der Waals surface area contributed by atoms with Gasteiger partial charge in [-0.15, -0.1) is 11.3 Å². The molecule has 0 aliphatic rings. The molecule has 7 heteroatoms. The molecule has 1 aromatic heterocycles. The number of amides is 1. The van der Waals surface area contributed by atoms with E-state index < -0.39 is 11.8 Å². The van der Waals surface area contributed by atoms with Crippen molar-refractivity contribution in [2.75, 3.05) is 20.8 Å². The number of methoxy groups -OCH3 is 1. The number of carbonyl (C=O) groups excluding carboxylic acids is 2. The molecular formula is C17H20FNO4S. The quantitative estimate of drug-likeness (QED) is 0.749. The molecule has 0 spiro atoms. The van der Waals surface area contributed by atoms with Crippen molar-refractivity contribution in [3.05, 3.63) is 34.5 Å². The third-order valence-corrected chi connectivity index (χ3v) is 4.91. The molecule has 2 rings (SSSR count). The van der Waals surface area contributed by atoms with Gasteiger partial charge in [-0.2, -0.15) is 0 Å². The van der Waals surface area contributed by atoms with Gasteiger partial charge in [-0.1, -0.05) is 6.07 Å². The predicted octanol–water partition coefficient (Wildman–Crippen LogP) is 3.21. The molecule has 0 saturated carbocycles. The molecule has 0 unspecified atom stereocenters. The van der Waals surface area contributed by atoms with E-state index >= 15 is 0 Å². The lowest BCUT2D eigenvalue weighted by molar-refractivity contribution is -0.134. The third kappa shape index (κ3) is 3.73. The van der Waals surface area contributed by atoms with Gasteiger partial charge < -0.3 is 14.4 Å². The van der Waals surface area contributed by atoms with E-state index in [0.29, 0.717) is 15.6 Å². The van der Waals surface area contributed by atoms with Crippen molar-refractivity contribution in [2.45, 2.75) is 26.5 Å². The number of benzene rings is 1. The molecule has 5 nitrogen and oxygen atoms in total. The van der Waals surface area contributed by atoms with Crippen molar-refractivity contribution in [3.63, 3.8) is 0 Å². The summed E-state index contributed by atoms with van der Waals surface area (Å²) in [5, 5.41) is 0.363. The number of likely N-dealkylation sites (N-methyl/N-ethyl adjacent to an activating group) is 1. The number of rotatable bonds is 6. The Bertz CT molecular complexity index is 756. The Balaban J connectivity index is 2.25. The first-order chi connectivity index (χ1) is 11.4. The molecule has 2 aromatic rings. The second-order valence-corrected chi connectivity index (χ2v) is 6.68. The van der Waals surface area contributed by atoms with Crippen LogP contribution in [0.15, 0.2) is 18.2 Å². The summed E-state index contributed by atoms with van der Waals surface area (Å²) < 4.78 is 24.9. The van der Waals surface area contributed by atoms with E-state index in [1.165, 1.54) is 18.1 Å². The van der Waals surface area contributed by atoms with Gasteiger partial charge >= 0.3 is 5.97 Å². The van der Waals surface area contributed by atoms with Gasteiger partial charge in [0.25, 0.3) is 5.91 Å². The normalized spacial score (nSPS) is 11.1. The van der Waals surface area contributed by atoms with Crippen molar-refractivity contribution < 1.29 is 23.5 Å². The Morgan fingerprint density at radius 1 is 1.33 bits per heavy atom. The highest BCUT2D eigenvalue weighted by molar-refractivity contribution is 7.21. The molecule has 0 saturated heterocycles. The summed E-state index contributed by atoms with van der Waals surface area (Å²) in [6.45, 7) is 3.47. The fourth-order valence-electron chi connectivity index (χ4n) is 2.20. The second-order valence-electron chi connectivity index (χ2n) is 5.63. The molecule has 1 heterocycles. The van der Waals surface area contributed by atoms with Crippen molar-refractivity contribution in [1.29, 1.82) is 0 Å². The van der Waals surface area contributed by atoms with Crippen molar-refractivity contribution in [1.82, 2.24) is 4.90 Å². The SMILES string of the molecule is COCc1c(C(=O)OCC(=O)N(C)C(C)C)sc2cccc(F)c12. The minimum absolute atomic E-state index is 0.0127. The van der Waals surface area contributed by atoms with Gasteiger partial charge in [-0.25, -0.2) is 9.18 Å². The number of halogens is 1. The van der Waals surface area contributed by atoms with Crippen LogP contribution in [0, 0.1) is 5.82 Å². The van der Waals surface area contributed by atoms with Crippen LogP contribution in [0.5, 0.6) is 0 Å². The summed E-state index contributed by atoms with van der Waals surface area (Å²) in [5.74, 6) is -1.35. The molecule has 0 aliphatic heterocycles. The number of fused-ring (bicyclic) bond motifs is 1. The average Bonchev–Trinajstić information content (AvgIpc) is 2.92. The number of ether oxygens (including phenoxy) is 2. The van der Waals surface area contributed by atoms with E-state index in [9.17, 15) is 14.0 Å². The molecule has 0 radical (unpaired) electrons. The van der Waals surface area contributed by atoms with Crippen LogP contribution in [0.4, 0.5) is 4.39 Å². The van der Waals surface area contributed by atoms with Crippen LogP contribution in [0.2, 0.25) is 0 Å². The summed E-state index contributed by atoms with van der Waals surface area (Å²) in [5.41, 5.74) is 0.449. The zero-order valence-corrected chi connectivity index (χ0v) is 14.9. The zero-order chi connectivity index (χ0) is 17.9. The standard InChI is InChI=1S/C17H20FNO4S/c1-10(2)19(3)14(20)9-23-17(21)16-11(8-22-4)15-12(18)6-5-7-13(15)24-16/h5-7,10H,8-9H2,1-4H3. The summed E-state index contributed by atoms with van der Waals surface area (Å²) in [7, 11) is 3.12. The number of esters is 1. The van der Waals surface area contributed by atoms with Crippen molar-refractivity contribution in [3.8, 4) is 0 Å². The Labute approximate surface area is 144 Å². The monoisotopic (exact) mass is 353 g/mol. The molecular weight excluding hydrogens is 333 g/mol. The van der Waals surface area contributed by atoms with Gasteiger partial charge in [-0.3, -0.25) is 4.79 Å². The maximum Gasteiger partial charge on any atom is 0.349 e. The minimum Gasteiger partial charge on any atom is -0.451 e. The highest BCUT2D eigenvalue weighted by Gasteiger charge is 2.23. The van der Waals surface area contributed by atoms with Crippen LogP contribution in [0.25, 0.3) is 10.1 Å². The molecule has 0 atom stereocenters. The number of nitrogens with zero attached hydrogens (tertiary/aromatic N) is 1. The lowest BCUT2D eigenvalue weighted by atomic mass is 10.1. The van der Waals surface area contributed by atoms with Crippen LogP contribution in [0.3, 0.4) is 0 Å². The van der Waals surface area contributed by atoms with E-state index in [2.05, 4.69) is 0 Å². The predicted molar refractivity (Wildman–Crippen MR) is 90.7 cm³/mol. The van der Waals surface area contributed by atoms with Gasteiger partial charge in [0, 0.05) is 35.8 Å². The Kier molecular flexibility index (Phi) is 5.90. The first kappa shape index (κ1) is 18.4. The second kappa shape index (κ2) is 7.72. The number of hydrogen-bond donors (Lipinski definition) is 0. The van der Waals surface area contributed by atoms with Gasteiger partial charge in [0.05, 0.1) is 6.61 Å². The minimum atomic E-state index is -0.645. The summed E-state index contributed by atoms with van der Waals surface area (Å²) in [6, 6.07) is 4.67. The largest absolute Gasteiger partial charge is 0.451 e. The third-order valence-electron chi connectivity index (χ3n) is 3.73. The molecule has 1 amide bonds. The van der Waals surface area contributed by atoms with Gasteiger partial charge in [0.15, 0.2) is 6.61 Å². The molecule has 0 fully saturated rings. The summed E-state index contributed by atoms with van der Waals surface area (Å²) in [6.07, 6.45) is 0. The number of hydrogen-bond acceptors (Lipinski definition) is 5. The summed E-state index contributed by atoms with van der Waals surface area (Å²) >= 11 is 1.13. The van der Waals surface area contributed by atoms with Gasteiger partial charge in [0.1, 0.15) is 10.7 Å².